The zero-order valence-corrected chi connectivity index (χ0v) is 8.36. The summed E-state index contributed by atoms with van der Waals surface area (Å²) in [5, 5.41) is 0.557. The van der Waals surface area contributed by atoms with Gasteiger partial charge in [0.1, 0.15) is 6.33 Å². The number of halogens is 1. The maximum Gasteiger partial charge on any atom is 0.116 e. The summed E-state index contributed by atoms with van der Waals surface area (Å²) in [6, 6.07) is 1.89. The molecule has 0 saturated heterocycles. The average Bonchev–Trinajstić information content (AvgIpc) is 2.20. The maximum atomic E-state index is 5.99. The standard InChI is InChI=1S/C10H8ClN3/c1-7-4-12-3-2-8(7)10-9(11)5-13-6-14-10/h2-6H,1H3. The third-order valence-electron chi connectivity index (χ3n) is 1.94. The van der Waals surface area contributed by atoms with Crippen LogP contribution in [0, 0.1) is 6.92 Å². The number of pyridine rings is 1. The lowest BCUT2D eigenvalue weighted by Crippen LogP contribution is -1.89. The van der Waals surface area contributed by atoms with Gasteiger partial charge in [0.2, 0.25) is 0 Å². The van der Waals surface area contributed by atoms with Crippen molar-refractivity contribution in [2.75, 3.05) is 0 Å². The first-order chi connectivity index (χ1) is 6.79. The SMILES string of the molecule is Cc1cnccc1-c1ncncc1Cl. The molecule has 2 aromatic heterocycles. The van der Waals surface area contributed by atoms with E-state index in [1.807, 2.05) is 13.0 Å². The van der Waals surface area contributed by atoms with Gasteiger partial charge < -0.3 is 0 Å². The number of nitrogens with zero attached hydrogens (tertiary/aromatic N) is 3. The van der Waals surface area contributed by atoms with Crippen molar-refractivity contribution in [1.29, 1.82) is 0 Å². The van der Waals surface area contributed by atoms with E-state index in [9.17, 15) is 0 Å². The summed E-state index contributed by atoms with van der Waals surface area (Å²) in [4.78, 5) is 12.0. The molecule has 0 aromatic carbocycles. The minimum absolute atomic E-state index is 0.557. The molecule has 2 aromatic rings. The van der Waals surface area contributed by atoms with Crippen molar-refractivity contribution in [3.8, 4) is 11.3 Å². The lowest BCUT2D eigenvalue weighted by atomic mass is 10.1. The molecule has 0 bridgehead atoms. The van der Waals surface area contributed by atoms with Crippen molar-refractivity contribution < 1.29 is 0 Å². The molecule has 2 heterocycles. The van der Waals surface area contributed by atoms with E-state index in [-0.39, 0.29) is 0 Å². The second-order valence-electron chi connectivity index (χ2n) is 2.91. The number of aryl methyl sites for hydroxylation is 1. The molecule has 0 atom stereocenters. The summed E-state index contributed by atoms with van der Waals surface area (Å²) < 4.78 is 0. The fraction of sp³-hybridized carbons (Fsp3) is 0.100. The molecular formula is C10H8ClN3. The largest absolute Gasteiger partial charge is 0.264 e. The highest BCUT2D eigenvalue weighted by Gasteiger charge is 2.06. The van der Waals surface area contributed by atoms with Crippen LogP contribution in [0.5, 0.6) is 0 Å². The van der Waals surface area contributed by atoms with E-state index in [0.717, 1.165) is 16.8 Å². The predicted octanol–water partition coefficient (Wildman–Crippen LogP) is 2.50. The molecule has 0 saturated carbocycles. The lowest BCUT2D eigenvalue weighted by Gasteiger charge is -2.04. The first-order valence-electron chi connectivity index (χ1n) is 4.15. The van der Waals surface area contributed by atoms with Gasteiger partial charge in [-0.05, 0) is 18.6 Å². The quantitative estimate of drug-likeness (QED) is 0.718. The van der Waals surface area contributed by atoms with Crippen LogP contribution >= 0.6 is 11.6 Å². The highest BCUT2D eigenvalue weighted by atomic mass is 35.5. The number of hydrogen-bond donors (Lipinski definition) is 0. The van der Waals surface area contributed by atoms with E-state index < -0.39 is 0 Å². The molecule has 0 radical (unpaired) electrons. The molecule has 2 rings (SSSR count). The first kappa shape index (κ1) is 9.09. The van der Waals surface area contributed by atoms with Crippen molar-refractivity contribution in [2.24, 2.45) is 0 Å². The van der Waals surface area contributed by atoms with Crippen molar-refractivity contribution in [3.63, 3.8) is 0 Å². The Hall–Kier alpha value is -1.48. The summed E-state index contributed by atoms with van der Waals surface area (Å²) >= 11 is 5.99. The van der Waals surface area contributed by atoms with Crippen LogP contribution in [0.2, 0.25) is 5.02 Å². The van der Waals surface area contributed by atoms with Crippen molar-refractivity contribution in [2.45, 2.75) is 6.92 Å². The van der Waals surface area contributed by atoms with E-state index in [1.165, 1.54) is 6.33 Å². The highest BCUT2D eigenvalue weighted by molar-refractivity contribution is 6.32. The van der Waals surface area contributed by atoms with Crippen LogP contribution in [0.1, 0.15) is 5.56 Å². The van der Waals surface area contributed by atoms with Gasteiger partial charge in [0.25, 0.3) is 0 Å². The average molecular weight is 206 g/mol. The fourth-order valence-corrected chi connectivity index (χ4v) is 1.46. The summed E-state index contributed by atoms with van der Waals surface area (Å²) in [5.74, 6) is 0. The Balaban J connectivity index is 2.61. The van der Waals surface area contributed by atoms with Crippen LogP contribution in [0.3, 0.4) is 0 Å². The van der Waals surface area contributed by atoms with Gasteiger partial charge in [0, 0.05) is 24.2 Å². The number of aromatic nitrogens is 3. The first-order valence-corrected chi connectivity index (χ1v) is 4.53. The zero-order chi connectivity index (χ0) is 9.97. The fourth-order valence-electron chi connectivity index (χ4n) is 1.25. The third-order valence-corrected chi connectivity index (χ3v) is 2.22. The lowest BCUT2D eigenvalue weighted by molar-refractivity contribution is 1.16. The van der Waals surface area contributed by atoms with Gasteiger partial charge >= 0.3 is 0 Å². The topological polar surface area (TPSA) is 38.7 Å². The Labute approximate surface area is 86.8 Å². The maximum absolute atomic E-state index is 5.99. The van der Waals surface area contributed by atoms with Gasteiger partial charge in [0.05, 0.1) is 10.7 Å². The monoisotopic (exact) mass is 205 g/mol. The van der Waals surface area contributed by atoms with Gasteiger partial charge in [0.15, 0.2) is 0 Å². The predicted molar refractivity (Wildman–Crippen MR) is 55.0 cm³/mol. The second-order valence-corrected chi connectivity index (χ2v) is 3.32. The van der Waals surface area contributed by atoms with Gasteiger partial charge in [-0.3, -0.25) is 4.98 Å². The Morgan fingerprint density at radius 2 is 2.07 bits per heavy atom. The van der Waals surface area contributed by atoms with Crippen molar-refractivity contribution in [1.82, 2.24) is 15.0 Å². The van der Waals surface area contributed by atoms with Crippen LogP contribution in [0.15, 0.2) is 31.0 Å². The van der Waals surface area contributed by atoms with Crippen molar-refractivity contribution in [3.05, 3.63) is 41.6 Å². The summed E-state index contributed by atoms with van der Waals surface area (Å²) in [7, 11) is 0. The number of hydrogen-bond acceptors (Lipinski definition) is 3. The Bertz CT molecular complexity index is 413. The molecule has 0 aliphatic rings. The highest BCUT2D eigenvalue weighted by Crippen LogP contribution is 2.26. The molecule has 14 heavy (non-hydrogen) atoms. The second kappa shape index (κ2) is 3.72. The van der Waals surface area contributed by atoms with E-state index in [2.05, 4.69) is 15.0 Å². The Kier molecular flexibility index (Phi) is 2.41. The smallest absolute Gasteiger partial charge is 0.116 e. The molecule has 0 fully saturated rings. The molecule has 0 N–H and O–H groups in total. The zero-order valence-electron chi connectivity index (χ0n) is 7.61. The molecular weight excluding hydrogens is 198 g/mol. The van der Waals surface area contributed by atoms with E-state index in [4.69, 9.17) is 11.6 Å². The van der Waals surface area contributed by atoms with Gasteiger partial charge in [-0.15, -0.1) is 0 Å². The summed E-state index contributed by atoms with van der Waals surface area (Å²) in [6.45, 7) is 1.97. The molecule has 0 spiro atoms. The normalized spacial score (nSPS) is 10.1. The van der Waals surface area contributed by atoms with Crippen LogP contribution in [-0.2, 0) is 0 Å². The van der Waals surface area contributed by atoms with Crippen molar-refractivity contribution >= 4 is 11.6 Å². The van der Waals surface area contributed by atoms with Crippen LogP contribution in [-0.4, -0.2) is 15.0 Å². The number of rotatable bonds is 1. The molecule has 4 heteroatoms. The molecule has 70 valence electrons. The van der Waals surface area contributed by atoms with E-state index in [0.29, 0.717) is 5.02 Å². The molecule has 0 aliphatic carbocycles. The van der Waals surface area contributed by atoms with E-state index in [1.54, 1.807) is 18.6 Å². The minimum atomic E-state index is 0.557. The third kappa shape index (κ3) is 1.59. The van der Waals surface area contributed by atoms with Crippen LogP contribution in [0.25, 0.3) is 11.3 Å². The van der Waals surface area contributed by atoms with E-state index >= 15 is 0 Å². The van der Waals surface area contributed by atoms with Gasteiger partial charge in [-0.1, -0.05) is 11.6 Å². The Morgan fingerprint density at radius 3 is 2.79 bits per heavy atom. The van der Waals surface area contributed by atoms with Crippen LogP contribution < -0.4 is 0 Å². The minimum Gasteiger partial charge on any atom is -0.264 e. The summed E-state index contributed by atoms with van der Waals surface area (Å²) in [5.41, 5.74) is 2.79. The molecule has 0 unspecified atom stereocenters. The van der Waals surface area contributed by atoms with Crippen LogP contribution in [0.4, 0.5) is 0 Å². The molecule has 0 amide bonds. The van der Waals surface area contributed by atoms with Gasteiger partial charge in [-0.25, -0.2) is 9.97 Å². The Morgan fingerprint density at radius 1 is 1.21 bits per heavy atom. The molecule has 3 nitrogen and oxygen atoms in total. The summed E-state index contributed by atoms with van der Waals surface area (Å²) in [6.07, 6.45) is 6.58. The molecule has 0 aliphatic heterocycles. The van der Waals surface area contributed by atoms with Gasteiger partial charge in [-0.2, -0.15) is 0 Å².